The van der Waals surface area contributed by atoms with Crippen LogP contribution in [-0.4, -0.2) is 37.7 Å². The minimum Gasteiger partial charge on any atom is -0.406 e. The van der Waals surface area contributed by atoms with Crippen LogP contribution < -0.4 is 15.6 Å². The number of rotatable bonds is 6. The number of nitrogens with one attached hydrogen (secondary N) is 2. The molecule has 13 heteroatoms. The molecule has 5 aromatic rings. The summed E-state index contributed by atoms with van der Waals surface area (Å²) in [6.07, 6.45) is -4.85. The Morgan fingerprint density at radius 1 is 1.19 bits per heavy atom. The molecule has 2 N–H and O–H groups in total. The maximum atomic E-state index is 13.5. The molecule has 0 saturated carbocycles. The zero-order valence-corrected chi connectivity index (χ0v) is 19.2. The summed E-state index contributed by atoms with van der Waals surface area (Å²) in [6, 6.07) is 13.6. The molecule has 0 aliphatic heterocycles. The van der Waals surface area contributed by atoms with Gasteiger partial charge in [0.25, 0.3) is 5.56 Å². The van der Waals surface area contributed by atoms with E-state index in [-0.39, 0.29) is 27.9 Å². The van der Waals surface area contributed by atoms with E-state index in [4.69, 9.17) is 4.52 Å². The fraction of sp³-hybridized carbons (Fsp3) is 0.130. The van der Waals surface area contributed by atoms with Crippen LogP contribution in [0.1, 0.15) is 5.76 Å². The summed E-state index contributed by atoms with van der Waals surface area (Å²) in [4.78, 5) is 33.7. The van der Waals surface area contributed by atoms with Gasteiger partial charge in [0.2, 0.25) is 5.91 Å². The Labute approximate surface area is 204 Å². The van der Waals surface area contributed by atoms with E-state index in [9.17, 15) is 22.8 Å². The third kappa shape index (κ3) is 4.77. The van der Waals surface area contributed by atoms with E-state index in [1.165, 1.54) is 16.7 Å². The highest BCUT2D eigenvalue weighted by molar-refractivity contribution is 7.99. The van der Waals surface area contributed by atoms with Crippen LogP contribution in [0.5, 0.6) is 5.75 Å². The Bertz CT molecular complexity index is 1640. The number of alkyl halides is 3. The molecule has 0 saturated heterocycles. The number of carbonyl (C=O) groups is 1. The highest BCUT2D eigenvalue weighted by Crippen LogP contribution is 2.28. The Hall–Kier alpha value is -4.26. The highest BCUT2D eigenvalue weighted by atomic mass is 32.2. The fourth-order valence-electron chi connectivity index (χ4n) is 3.60. The van der Waals surface area contributed by atoms with Gasteiger partial charge in [0, 0.05) is 17.0 Å². The van der Waals surface area contributed by atoms with Crippen LogP contribution in [0, 0.1) is 6.92 Å². The molecule has 0 aliphatic rings. The lowest BCUT2D eigenvalue weighted by molar-refractivity contribution is -0.274. The van der Waals surface area contributed by atoms with E-state index < -0.39 is 23.6 Å². The number of para-hydroxylation sites is 1. The number of amides is 1. The minimum absolute atomic E-state index is 0.124. The predicted molar refractivity (Wildman–Crippen MR) is 126 cm³/mol. The summed E-state index contributed by atoms with van der Waals surface area (Å²) in [5, 5.41) is 7.19. The number of aryl methyl sites for hydroxylation is 1. The van der Waals surface area contributed by atoms with Gasteiger partial charge in [-0.15, -0.1) is 13.2 Å². The first-order valence-corrected chi connectivity index (χ1v) is 11.4. The molecular weight excluding hydrogens is 499 g/mol. The topological polar surface area (TPSA) is 115 Å². The summed E-state index contributed by atoms with van der Waals surface area (Å²) in [5.41, 5.74) is 1.10. The first-order chi connectivity index (χ1) is 17.2. The number of H-pyrrole nitrogens is 1. The van der Waals surface area contributed by atoms with Crippen LogP contribution in [-0.2, 0) is 4.79 Å². The molecule has 3 heterocycles. The standard InChI is InChI=1S/C23H16F3N5O4S/c1-12-10-17(30-35-12)28-18(32)11-36-22-29-19-15-4-2-3-5-16(15)27-20(19)21(33)31(22)13-6-8-14(9-7-13)34-23(24,25)26/h2-10,27H,11H2,1H3,(H,28,30,32). The number of carbonyl (C=O) groups excluding carboxylic acids is 1. The molecule has 0 aliphatic carbocycles. The molecule has 0 atom stereocenters. The zero-order chi connectivity index (χ0) is 25.4. The molecule has 0 fully saturated rings. The monoisotopic (exact) mass is 515 g/mol. The van der Waals surface area contributed by atoms with Crippen molar-refractivity contribution in [1.82, 2.24) is 19.7 Å². The van der Waals surface area contributed by atoms with Gasteiger partial charge in [-0.3, -0.25) is 14.2 Å². The summed E-state index contributed by atoms with van der Waals surface area (Å²) in [5.74, 6) is -0.203. The molecule has 2 aromatic carbocycles. The van der Waals surface area contributed by atoms with Gasteiger partial charge in [-0.1, -0.05) is 35.1 Å². The summed E-state index contributed by atoms with van der Waals surface area (Å²) in [6.45, 7) is 1.68. The molecule has 0 unspecified atom stereocenters. The van der Waals surface area contributed by atoms with Gasteiger partial charge < -0.3 is 19.6 Å². The van der Waals surface area contributed by atoms with E-state index in [0.29, 0.717) is 16.8 Å². The van der Waals surface area contributed by atoms with Crippen molar-refractivity contribution in [2.75, 3.05) is 11.1 Å². The van der Waals surface area contributed by atoms with Gasteiger partial charge in [-0.2, -0.15) is 0 Å². The molecule has 9 nitrogen and oxygen atoms in total. The maximum absolute atomic E-state index is 13.5. The van der Waals surface area contributed by atoms with Crippen molar-refractivity contribution in [3.63, 3.8) is 0 Å². The average Bonchev–Trinajstić information content (AvgIpc) is 3.41. The third-order valence-electron chi connectivity index (χ3n) is 5.05. The van der Waals surface area contributed by atoms with Crippen molar-refractivity contribution in [2.45, 2.75) is 18.4 Å². The van der Waals surface area contributed by atoms with Crippen molar-refractivity contribution in [1.29, 1.82) is 0 Å². The molecule has 184 valence electrons. The number of halogens is 3. The van der Waals surface area contributed by atoms with E-state index in [1.807, 2.05) is 12.1 Å². The smallest absolute Gasteiger partial charge is 0.406 e. The first kappa shape index (κ1) is 23.5. The lowest BCUT2D eigenvalue weighted by Crippen LogP contribution is -2.23. The highest BCUT2D eigenvalue weighted by Gasteiger charge is 2.31. The number of ether oxygens (including phenoxy) is 1. The van der Waals surface area contributed by atoms with Crippen LogP contribution in [0.15, 0.2) is 69.1 Å². The fourth-order valence-corrected chi connectivity index (χ4v) is 4.40. The van der Waals surface area contributed by atoms with E-state index >= 15 is 0 Å². The van der Waals surface area contributed by atoms with Gasteiger partial charge in [0.1, 0.15) is 22.5 Å². The summed E-state index contributed by atoms with van der Waals surface area (Å²) < 4.78 is 47.8. The zero-order valence-electron chi connectivity index (χ0n) is 18.4. The number of aromatic amines is 1. The van der Waals surface area contributed by atoms with Gasteiger partial charge in [-0.05, 0) is 37.3 Å². The van der Waals surface area contributed by atoms with Crippen molar-refractivity contribution < 1.29 is 27.2 Å². The number of hydrogen-bond donors (Lipinski definition) is 2. The Morgan fingerprint density at radius 3 is 2.64 bits per heavy atom. The number of benzene rings is 2. The molecular formula is C23H16F3N5O4S. The molecule has 0 radical (unpaired) electrons. The second-order valence-electron chi connectivity index (χ2n) is 7.63. The Balaban J connectivity index is 1.54. The second kappa shape index (κ2) is 9.07. The molecule has 5 rings (SSSR count). The third-order valence-corrected chi connectivity index (χ3v) is 5.99. The molecule has 36 heavy (non-hydrogen) atoms. The van der Waals surface area contributed by atoms with Crippen LogP contribution in [0.4, 0.5) is 19.0 Å². The molecule has 0 bridgehead atoms. The largest absolute Gasteiger partial charge is 0.573 e. The average molecular weight is 515 g/mol. The quantitative estimate of drug-likeness (QED) is 0.247. The van der Waals surface area contributed by atoms with Crippen LogP contribution in [0.25, 0.3) is 27.6 Å². The van der Waals surface area contributed by atoms with Gasteiger partial charge in [-0.25, -0.2) is 4.98 Å². The number of fused-ring (bicyclic) bond motifs is 3. The summed E-state index contributed by atoms with van der Waals surface area (Å²) >= 11 is 0.987. The molecule has 1 amide bonds. The number of nitrogens with zero attached hydrogens (tertiary/aromatic N) is 3. The number of thioether (sulfide) groups is 1. The van der Waals surface area contributed by atoms with E-state index in [0.717, 1.165) is 29.3 Å². The number of anilines is 1. The second-order valence-corrected chi connectivity index (χ2v) is 8.57. The van der Waals surface area contributed by atoms with Gasteiger partial charge >= 0.3 is 6.36 Å². The lowest BCUT2D eigenvalue weighted by atomic mass is 10.2. The van der Waals surface area contributed by atoms with Crippen LogP contribution in [0.3, 0.4) is 0 Å². The van der Waals surface area contributed by atoms with E-state index in [2.05, 4.69) is 25.2 Å². The number of hydrogen-bond acceptors (Lipinski definition) is 7. The maximum Gasteiger partial charge on any atom is 0.573 e. The lowest BCUT2D eigenvalue weighted by Gasteiger charge is -2.13. The molecule has 3 aromatic heterocycles. The van der Waals surface area contributed by atoms with Crippen molar-refractivity contribution in [3.05, 3.63) is 70.7 Å². The molecule has 0 spiro atoms. The van der Waals surface area contributed by atoms with Crippen molar-refractivity contribution >= 4 is 45.4 Å². The minimum atomic E-state index is -4.85. The van der Waals surface area contributed by atoms with Crippen LogP contribution in [0.2, 0.25) is 0 Å². The van der Waals surface area contributed by atoms with Crippen molar-refractivity contribution in [3.8, 4) is 11.4 Å². The first-order valence-electron chi connectivity index (χ1n) is 10.4. The van der Waals surface area contributed by atoms with Crippen molar-refractivity contribution in [2.24, 2.45) is 0 Å². The number of aromatic nitrogens is 4. The normalized spacial score (nSPS) is 11.8. The van der Waals surface area contributed by atoms with Gasteiger partial charge in [0.05, 0.1) is 11.4 Å². The SMILES string of the molecule is Cc1cc(NC(=O)CSc2nc3c([nH]c4ccccc43)c(=O)n2-c2ccc(OC(F)(F)F)cc2)no1. The Kier molecular flexibility index (Phi) is 5.92. The van der Waals surface area contributed by atoms with Gasteiger partial charge in [0.15, 0.2) is 11.0 Å². The predicted octanol–water partition coefficient (Wildman–Crippen LogP) is 4.79. The van der Waals surface area contributed by atoms with Crippen LogP contribution >= 0.6 is 11.8 Å². The summed E-state index contributed by atoms with van der Waals surface area (Å²) in [7, 11) is 0. The van der Waals surface area contributed by atoms with E-state index in [1.54, 1.807) is 25.1 Å². The Morgan fingerprint density at radius 2 is 1.94 bits per heavy atom.